The molecule has 21 heavy (non-hydrogen) atoms. The molecular formula is C15H14BrNO3S. The maximum Gasteiger partial charge on any atom is 0.348 e. The lowest BCUT2D eigenvalue weighted by Crippen LogP contribution is -2.25. The molecule has 6 heteroatoms. The summed E-state index contributed by atoms with van der Waals surface area (Å²) in [7, 11) is 3.06. The summed E-state index contributed by atoms with van der Waals surface area (Å²) in [6.07, 6.45) is 0. The van der Waals surface area contributed by atoms with Crippen molar-refractivity contribution < 1.29 is 14.3 Å². The summed E-state index contributed by atoms with van der Waals surface area (Å²) in [5.74, 6) is -0.543. The van der Waals surface area contributed by atoms with Crippen molar-refractivity contribution in [3.8, 4) is 0 Å². The Balaban J connectivity index is 2.11. The third-order valence-corrected chi connectivity index (χ3v) is 4.74. The maximum absolute atomic E-state index is 12.4. The van der Waals surface area contributed by atoms with Crippen molar-refractivity contribution in [1.29, 1.82) is 0 Å². The van der Waals surface area contributed by atoms with Gasteiger partial charge in [0.2, 0.25) is 0 Å². The van der Waals surface area contributed by atoms with Crippen LogP contribution in [0, 0.1) is 0 Å². The molecule has 2 rings (SSSR count). The minimum atomic E-state index is -0.424. The highest BCUT2D eigenvalue weighted by atomic mass is 79.9. The number of carbonyl (C=O) groups excluding carboxylic acids is 2. The van der Waals surface area contributed by atoms with Gasteiger partial charge in [-0.05, 0) is 23.8 Å². The van der Waals surface area contributed by atoms with E-state index in [1.165, 1.54) is 7.11 Å². The molecule has 110 valence electrons. The molecule has 0 aliphatic carbocycles. The Labute approximate surface area is 135 Å². The molecule has 1 heterocycles. The minimum absolute atomic E-state index is 0.120. The number of methoxy groups -OCH3 is 1. The zero-order valence-electron chi connectivity index (χ0n) is 11.6. The summed E-state index contributed by atoms with van der Waals surface area (Å²) < 4.78 is 5.61. The number of esters is 1. The van der Waals surface area contributed by atoms with E-state index in [2.05, 4.69) is 20.7 Å². The summed E-state index contributed by atoms with van der Waals surface area (Å²) in [6, 6.07) is 11.0. The number of rotatable bonds is 4. The van der Waals surface area contributed by atoms with Crippen LogP contribution < -0.4 is 0 Å². The molecule has 0 fully saturated rings. The van der Waals surface area contributed by atoms with E-state index in [-0.39, 0.29) is 5.91 Å². The van der Waals surface area contributed by atoms with Crippen LogP contribution in [0.5, 0.6) is 0 Å². The Morgan fingerprint density at radius 1 is 1.19 bits per heavy atom. The van der Waals surface area contributed by atoms with Crippen molar-refractivity contribution in [1.82, 2.24) is 4.90 Å². The van der Waals surface area contributed by atoms with Gasteiger partial charge in [0.1, 0.15) is 4.88 Å². The number of thiophene rings is 1. The van der Waals surface area contributed by atoms with Gasteiger partial charge < -0.3 is 9.64 Å². The zero-order chi connectivity index (χ0) is 15.4. The Hall–Kier alpha value is -1.66. The average molecular weight is 368 g/mol. The molecule has 1 aromatic heterocycles. The first-order chi connectivity index (χ1) is 10.0. The molecule has 2 aromatic rings. The van der Waals surface area contributed by atoms with Crippen molar-refractivity contribution in [2.45, 2.75) is 6.54 Å². The van der Waals surface area contributed by atoms with Gasteiger partial charge in [-0.25, -0.2) is 4.79 Å². The van der Waals surface area contributed by atoms with Crippen molar-refractivity contribution in [2.24, 2.45) is 0 Å². The lowest BCUT2D eigenvalue weighted by atomic mass is 10.2. The SMILES string of the molecule is COC(=O)c1ccc(C(=O)N(C)Cc2ccccc2Br)s1. The fourth-order valence-corrected chi connectivity index (χ4v) is 3.13. The van der Waals surface area contributed by atoms with Gasteiger partial charge in [0.05, 0.1) is 12.0 Å². The first-order valence-corrected chi connectivity index (χ1v) is 7.81. The Bertz CT molecular complexity index is 668. The minimum Gasteiger partial charge on any atom is -0.465 e. The van der Waals surface area contributed by atoms with Crippen LogP contribution in [-0.2, 0) is 11.3 Å². The molecular weight excluding hydrogens is 354 g/mol. The first-order valence-electron chi connectivity index (χ1n) is 6.20. The molecule has 0 radical (unpaired) electrons. The molecule has 4 nitrogen and oxygen atoms in total. The highest BCUT2D eigenvalue weighted by molar-refractivity contribution is 9.10. The van der Waals surface area contributed by atoms with Crippen LogP contribution >= 0.6 is 27.3 Å². The molecule has 0 atom stereocenters. The largest absolute Gasteiger partial charge is 0.465 e. The fraction of sp³-hybridized carbons (Fsp3) is 0.200. The van der Waals surface area contributed by atoms with Crippen molar-refractivity contribution in [3.63, 3.8) is 0 Å². The second-order valence-electron chi connectivity index (χ2n) is 4.41. The molecule has 0 unspecified atom stereocenters. The number of ether oxygens (including phenoxy) is 1. The Morgan fingerprint density at radius 3 is 2.52 bits per heavy atom. The van der Waals surface area contributed by atoms with Crippen molar-refractivity contribution in [2.75, 3.05) is 14.2 Å². The van der Waals surface area contributed by atoms with Crippen LogP contribution in [0.4, 0.5) is 0 Å². The highest BCUT2D eigenvalue weighted by Crippen LogP contribution is 2.21. The third kappa shape index (κ3) is 3.71. The van der Waals surface area contributed by atoms with Gasteiger partial charge in [0.25, 0.3) is 5.91 Å². The van der Waals surface area contributed by atoms with Gasteiger partial charge in [0.15, 0.2) is 0 Å². The van der Waals surface area contributed by atoms with E-state index in [9.17, 15) is 9.59 Å². The number of nitrogens with zero attached hydrogens (tertiary/aromatic N) is 1. The van der Waals surface area contributed by atoms with Gasteiger partial charge in [-0.2, -0.15) is 0 Å². The van der Waals surface area contributed by atoms with E-state index in [0.717, 1.165) is 21.4 Å². The molecule has 1 amide bonds. The number of amides is 1. The van der Waals surface area contributed by atoms with Crippen LogP contribution in [0.2, 0.25) is 0 Å². The predicted octanol–water partition coefficient (Wildman–Crippen LogP) is 3.57. The summed E-state index contributed by atoms with van der Waals surface area (Å²) in [5, 5.41) is 0. The van der Waals surface area contributed by atoms with Crippen molar-refractivity contribution in [3.05, 3.63) is 56.2 Å². The normalized spacial score (nSPS) is 10.2. The molecule has 0 aliphatic rings. The number of carbonyl (C=O) groups is 2. The molecule has 0 aliphatic heterocycles. The number of benzene rings is 1. The predicted molar refractivity (Wildman–Crippen MR) is 85.6 cm³/mol. The lowest BCUT2D eigenvalue weighted by molar-refractivity contribution is 0.0606. The molecule has 0 saturated heterocycles. The van der Waals surface area contributed by atoms with E-state index in [0.29, 0.717) is 16.3 Å². The van der Waals surface area contributed by atoms with Crippen LogP contribution in [-0.4, -0.2) is 30.9 Å². The summed E-state index contributed by atoms with van der Waals surface area (Å²) in [4.78, 5) is 26.3. The number of hydrogen-bond donors (Lipinski definition) is 0. The smallest absolute Gasteiger partial charge is 0.348 e. The number of halogens is 1. The van der Waals surface area contributed by atoms with E-state index in [1.54, 1.807) is 24.1 Å². The zero-order valence-corrected chi connectivity index (χ0v) is 14.0. The van der Waals surface area contributed by atoms with Gasteiger partial charge in [-0.3, -0.25) is 4.79 Å². The lowest BCUT2D eigenvalue weighted by Gasteiger charge is -2.17. The molecule has 0 bridgehead atoms. The number of hydrogen-bond acceptors (Lipinski definition) is 4. The van der Waals surface area contributed by atoms with E-state index in [4.69, 9.17) is 0 Å². The van der Waals surface area contributed by atoms with Gasteiger partial charge in [-0.1, -0.05) is 34.1 Å². The molecule has 0 N–H and O–H groups in total. The third-order valence-electron chi connectivity index (χ3n) is 2.92. The van der Waals surface area contributed by atoms with Crippen LogP contribution in [0.3, 0.4) is 0 Å². The van der Waals surface area contributed by atoms with E-state index < -0.39 is 5.97 Å². The molecule has 1 aromatic carbocycles. The van der Waals surface area contributed by atoms with Gasteiger partial charge in [-0.15, -0.1) is 11.3 Å². The van der Waals surface area contributed by atoms with Crippen LogP contribution in [0.25, 0.3) is 0 Å². The quantitative estimate of drug-likeness (QED) is 0.776. The second-order valence-corrected chi connectivity index (χ2v) is 6.35. The molecule has 0 spiro atoms. The van der Waals surface area contributed by atoms with Crippen molar-refractivity contribution >= 4 is 39.1 Å². The first kappa shape index (κ1) is 15.7. The molecule has 0 saturated carbocycles. The maximum atomic E-state index is 12.4. The van der Waals surface area contributed by atoms with Gasteiger partial charge in [0, 0.05) is 18.1 Å². The van der Waals surface area contributed by atoms with E-state index >= 15 is 0 Å². The fourth-order valence-electron chi connectivity index (χ4n) is 1.81. The Morgan fingerprint density at radius 2 is 1.86 bits per heavy atom. The summed E-state index contributed by atoms with van der Waals surface area (Å²) in [6.45, 7) is 0.492. The topological polar surface area (TPSA) is 46.6 Å². The Kier molecular flexibility index (Phi) is 5.14. The van der Waals surface area contributed by atoms with E-state index in [1.807, 2.05) is 24.3 Å². The highest BCUT2D eigenvalue weighted by Gasteiger charge is 2.17. The summed E-state index contributed by atoms with van der Waals surface area (Å²) >= 11 is 4.61. The summed E-state index contributed by atoms with van der Waals surface area (Å²) in [5.41, 5.74) is 1.03. The monoisotopic (exact) mass is 367 g/mol. The average Bonchev–Trinajstić information content (AvgIpc) is 2.97. The van der Waals surface area contributed by atoms with Crippen LogP contribution in [0.1, 0.15) is 24.9 Å². The van der Waals surface area contributed by atoms with Crippen LogP contribution in [0.15, 0.2) is 40.9 Å². The van der Waals surface area contributed by atoms with Gasteiger partial charge >= 0.3 is 5.97 Å². The standard InChI is InChI=1S/C15H14BrNO3S/c1-17(9-10-5-3-4-6-11(10)16)14(18)12-7-8-13(21-12)15(19)20-2/h3-8H,9H2,1-2H3. The second kappa shape index (κ2) is 6.87.